The van der Waals surface area contributed by atoms with Crippen molar-refractivity contribution in [2.75, 3.05) is 11.1 Å². The predicted molar refractivity (Wildman–Crippen MR) is 77.8 cm³/mol. The maximum absolute atomic E-state index is 5.89. The van der Waals surface area contributed by atoms with Gasteiger partial charge in [0.2, 0.25) is 0 Å². The summed E-state index contributed by atoms with van der Waals surface area (Å²) in [4.78, 5) is 0. The van der Waals surface area contributed by atoms with Crippen LogP contribution in [0, 0.1) is 6.92 Å². The second-order valence-electron chi connectivity index (χ2n) is 4.88. The average Bonchev–Trinajstić information content (AvgIpc) is 2.55. The molecule has 2 aromatic rings. The van der Waals surface area contributed by atoms with Crippen molar-refractivity contribution in [2.24, 2.45) is 7.05 Å². The van der Waals surface area contributed by atoms with E-state index in [9.17, 15) is 0 Å². The fourth-order valence-electron chi connectivity index (χ4n) is 1.91. The molecule has 19 heavy (non-hydrogen) atoms. The SMILES string of the molecule is Cc1nn(C)cc1Nc1cc(N)cc(OC(C)C)c1. The van der Waals surface area contributed by atoms with Crippen LogP contribution in [0.4, 0.5) is 17.1 Å². The smallest absolute Gasteiger partial charge is 0.123 e. The van der Waals surface area contributed by atoms with Crippen LogP contribution in [-0.4, -0.2) is 15.9 Å². The van der Waals surface area contributed by atoms with Crippen LogP contribution in [0.1, 0.15) is 19.5 Å². The van der Waals surface area contributed by atoms with Gasteiger partial charge >= 0.3 is 0 Å². The highest BCUT2D eigenvalue weighted by molar-refractivity contribution is 5.67. The van der Waals surface area contributed by atoms with Crippen LogP contribution >= 0.6 is 0 Å². The number of nitrogens with zero attached hydrogens (tertiary/aromatic N) is 2. The van der Waals surface area contributed by atoms with Gasteiger partial charge in [0.15, 0.2) is 0 Å². The largest absolute Gasteiger partial charge is 0.491 e. The van der Waals surface area contributed by atoms with Gasteiger partial charge in [-0.3, -0.25) is 4.68 Å². The quantitative estimate of drug-likeness (QED) is 0.830. The molecule has 1 aromatic carbocycles. The van der Waals surface area contributed by atoms with Gasteiger partial charge in [-0.25, -0.2) is 0 Å². The minimum absolute atomic E-state index is 0.120. The maximum atomic E-state index is 5.89. The average molecular weight is 260 g/mol. The summed E-state index contributed by atoms with van der Waals surface area (Å²) in [6.45, 7) is 5.93. The van der Waals surface area contributed by atoms with E-state index in [1.54, 1.807) is 4.68 Å². The number of nitrogens with two attached hydrogens (primary N) is 1. The zero-order valence-corrected chi connectivity index (χ0v) is 11.8. The molecule has 2 rings (SSSR count). The molecule has 1 heterocycles. The lowest BCUT2D eigenvalue weighted by Crippen LogP contribution is -2.06. The molecule has 5 heteroatoms. The van der Waals surface area contributed by atoms with Gasteiger partial charge in [-0.05, 0) is 26.8 Å². The maximum Gasteiger partial charge on any atom is 0.123 e. The van der Waals surface area contributed by atoms with Crippen molar-refractivity contribution in [2.45, 2.75) is 26.9 Å². The van der Waals surface area contributed by atoms with Crippen molar-refractivity contribution in [1.82, 2.24) is 9.78 Å². The molecule has 0 aliphatic carbocycles. The third kappa shape index (κ3) is 3.40. The normalized spacial score (nSPS) is 10.8. The predicted octanol–water partition coefficient (Wildman–Crippen LogP) is 2.84. The Morgan fingerprint density at radius 1 is 1.32 bits per heavy atom. The molecule has 0 spiro atoms. The highest BCUT2D eigenvalue weighted by atomic mass is 16.5. The molecule has 102 valence electrons. The van der Waals surface area contributed by atoms with Crippen LogP contribution in [0.15, 0.2) is 24.4 Å². The van der Waals surface area contributed by atoms with E-state index in [1.807, 2.05) is 52.2 Å². The topological polar surface area (TPSA) is 65.1 Å². The summed E-state index contributed by atoms with van der Waals surface area (Å²) >= 11 is 0. The van der Waals surface area contributed by atoms with E-state index >= 15 is 0 Å². The van der Waals surface area contributed by atoms with Gasteiger partial charge in [0.05, 0.1) is 17.5 Å². The standard InChI is InChI=1S/C14H20N4O/c1-9(2)19-13-6-11(15)5-12(7-13)16-14-8-18(4)17-10(14)3/h5-9,16H,15H2,1-4H3. The van der Waals surface area contributed by atoms with E-state index < -0.39 is 0 Å². The van der Waals surface area contributed by atoms with E-state index in [2.05, 4.69) is 10.4 Å². The zero-order valence-electron chi connectivity index (χ0n) is 11.8. The van der Waals surface area contributed by atoms with E-state index in [1.165, 1.54) is 0 Å². The molecule has 0 bridgehead atoms. The van der Waals surface area contributed by atoms with Crippen LogP contribution in [0.3, 0.4) is 0 Å². The number of ether oxygens (including phenoxy) is 1. The second-order valence-corrected chi connectivity index (χ2v) is 4.88. The summed E-state index contributed by atoms with van der Waals surface area (Å²) < 4.78 is 7.44. The first-order valence-corrected chi connectivity index (χ1v) is 6.28. The number of aryl methyl sites for hydroxylation is 2. The molecule has 0 unspecified atom stereocenters. The molecule has 0 aliphatic heterocycles. The summed E-state index contributed by atoms with van der Waals surface area (Å²) in [6, 6.07) is 5.63. The number of rotatable bonds is 4. The molecule has 3 N–H and O–H groups in total. The fourth-order valence-corrected chi connectivity index (χ4v) is 1.91. The van der Waals surface area contributed by atoms with E-state index in [0.29, 0.717) is 5.69 Å². The third-order valence-corrected chi connectivity index (χ3v) is 2.59. The lowest BCUT2D eigenvalue weighted by atomic mass is 10.2. The minimum Gasteiger partial charge on any atom is -0.491 e. The fraction of sp³-hybridized carbons (Fsp3) is 0.357. The van der Waals surface area contributed by atoms with Gasteiger partial charge in [-0.15, -0.1) is 0 Å². The Labute approximate surface area is 113 Å². The Morgan fingerprint density at radius 2 is 2.05 bits per heavy atom. The molecule has 0 radical (unpaired) electrons. The van der Waals surface area contributed by atoms with Crippen molar-refractivity contribution in [1.29, 1.82) is 0 Å². The molecule has 0 aliphatic rings. The summed E-state index contributed by atoms with van der Waals surface area (Å²) in [6.07, 6.45) is 2.05. The lowest BCUT2D eigenvalue weighted by Gasteiger charge is -2.13. The molecule has 5 nitrogen and oxygen atoms in total. The summed E-state index contributed by atoms with van der Waals surface area (Å²) in [5.74, 6) is 0.763. The van der Waals surface area contributed by atoms with E-state index in [0.717, 1.165) is 22.8 Å². The lowest BCUT2D eigenvalue weighted by molar-refractivity contribution is 0.242. The van der Waals surface area contributed by atoms with Crippen molar-refractivity contribution >= 4 is 17.1 Å². The van der Waals surface area contributed by atoms with Crippen LogP contribution in [0.25, 0.3) is 0 Å². The Hall–Kier alpha value is -2.17. The molecular formula is C14H20N4O. The molecular weight excluding hydrogens is 240 g/mol. The first-order valence-electron chi connectivity index (χ1n) is 6.28. The summed E-state index contributed by atoms with van der Waals surface area (Å²) in [5.41, 5.74) is 9.36. The highest BCUT2D eigenvalue weighted by Gasteiger charge is 2.06. The zero-order chi connectivity index (χ0) is 14.0. The van der Waals surface area contributed by atoms with Gasteiger partial charge in [0, 0.05) is 36.8 Å². The van der Waals surface area contributed by atoms with Gasteiger partial charge < -0.3 is 15.8 Å². The number of anilines is 3. The van der Waals surface area contributed by atoms with E-state index in [4.69, 9.17) is 10.5 Å². The molecule has 0 atom stereocenters. The number of benzene rings is 1. The van der Waals surface area contributed by atoms with Gasteiger partial charge in [0.25, 0.3) is 0 Å². The Kier molecular flexibility index (Phi) is 3.64. The van der Waals surface area contributed by atoms with Gasteiger partial charge in [-0.2, -0.15) is 5.10 Å². The first-order chi connectivity index (χ1) is 8.94. The Morgan fingerprint density at radius 3 is 2.63 bits per heavy atom. The molecule has 1 aromatic heterocycles. The van der Waals surface area contributed by atoms with Crippen molar-refractivity contribution in [3.05, 3.63) is 30.1 Å². The molecule has 0 saturated carbocycles. The number of hydrogen-bond acceptors (Lipinski definition) is 4. The van der Waals surface area contributed by atoms with Crippen molar-refractivity contribution in [3.8, 4) is 5.75 Å². The van der Waals surface area contributed by atoms with Crippen LogP contribution in [0.5, 0.6) is 5.75 Å². The number of nitrogen functional groups attached to an aromatic ring is 1. The van der Waals surface area contributed by atoms with Crippen LogP contribution in [-0.2, 0) is 7.05 Å². The van der Waals surface area contributed by atoms with Gasteiger partial charge in [-0.1, -0.05) is 0 Å². The van der Waals surface area contributed by atoms with Crippen molar-refractivity contribution < 1.29 is 4.74 Å². The summed E-state index contributed by atoms with van der Waals surface area (Å²) in [7, 11) is 1.89. The van der Waals surface area contributed by atoms with E-state index in [-0.39, 0.29) is 6.10 Å². The first kappa shape index (κ1) is 13.3. The summed E-state index contributed by atoms with van der Waals surface area (Å²) in [5, 5.41) is 7.60. The highest BCUT2D eigenvalue weighted by Crippen LogP contribution is 2.27. The number of nitrogens with one attached hydrogen (secondary N) is 1. The minimum atomic E-state index is 0.120. The Bertz CT molecular complexity index is 575. The molecule has 0 saturated heterocycles. The molecule has 0 fully saturated rings. The monoisotopic (exact) mass is 260 g/mol. The molecule has 0 amide bonds. The Balaban J connectivity index is 2.25. The third-order valence-electron chi connectivity index (χ3n) is 2.59. The number of aromatic nitrogens is 2. The van der Waals surface area contributed by atoms with Crippen LogP contribution in [0.2, 0.25) is 0 Å². The van der Waals surface area contributed by atoms with Crippen LogP contribution < -0.4 is 15.8 Å². The second kappa shape index (κ2) is 5.22. The van der Waals surface area contributed by atoms with Crippen molar-refractivity contribution in [3.63, 3.8) is 0 Å². The van der Waals surface area contributed by atoms with Gasteiger partial charge in [0.1, 0.15) is 5.75 Å². The number of hydrogen-bond donors (Lipinski definition) is 2.